The SMILES string of the molecule is C[C@@H](NC(=O)[C@H](N)C(C)(C)C)c1ccccc1F. The van der Waals surface area contributed by atoms with E-state index in [1.807, 2.05) is 20.8 Å². The third-order valence-corrected chi connectivity index (χ3v) is 2.95. The molecule has 3 N–H and O–H groups in total. The fourth-order valence-corrected chi connectivity index (χ4v) is 1.60. The first-order chi connectivity index (χ1) is 8.23. The molecule has 0 aliphatic carbocycles. The van der Waals surface area contributed by atoms with Gasteiger partial charge in [0.1, 0.15) is 5.82 Å². The molecule has 100 valence electrons. The number of amides is 1. The maximum atomic E-state index is 13.5. The van der Waals surface area contributed by atoms with Gasteiger partial charge >= 0.3 is 0 Å². The van der Waals surface area contributed by atoms with Crippen LogP contribution in [-0.2, 0) is 4.79 Å². The lowest BCUT2D eigenvalue weighted by Crippen LogP contribution is -2.49. The predicted molar refractivity (Wildman–Crippen MR) is 70.4 cm³/mol. The number of rotatable bonds is 3. The molecule has 4 heteroatoms. The van der Waals surface area contributed by atoms with Crippen molar-refractivity contribution in [3.8, 4) is 0 Å². The summed E-state index contributed by atoms with van der Waals surface area (Å²) in [6.07, 6.45) is 0. The highest BCUT2D eigenvalue weighted by atomic mass is 19.1. The number of carbonyl (C=O) groups excluding carboxylic acids is 1. The molecule has 1 aromatic carbocycles. The quantitative estimate of drug-likeness (QED) is 0.867. The number of hydrogen-bond acceptors (Lipinski definition) is 2. The van der Waals surface area contributed by atoms with Gasteiger partial charge in [0.05, 0.1) is 12.1 Å². The maximum absolute atomic E-state index is 13.5. The number of carbonyl (C=O) groups is 1. The molecule has 0 bridgehead atoms. The molecule has 0 heterocycles. The average Bonchev–Trinajstić information content (AvgIpc) is 2.27. The number of benzene rings is 1. The summed E-state index contributed by atoms with van der Waals surface area (Å²) >= 11 is 0. The first-order valence-electron chi connectivity index (χ1n) is 6.04. The summed E-state index contributed by atoms with van der Waals surface area (Å²) in [6, 6.07) is 5.38. The number of hydrogen-bond donors (Lipinski definition) is 2. The third-order valence-electron chi connectivity index (χ3n) is 2.95. The topological polar surface area (TPSA) is 55.1 Å². The molecule has 1 amide bonds. The Kier molecular flexibility index (Phi) is 4.46. The molecule has 2 atom stereocenters. The molecule has 0 unspecified atom stereocenters. The summed E-state index contributed by atoms with van der Waals surface area (Å²) < 4.78 is 13.5. The van der Waals surface area contributed by atoms with Crippen molar-refractivity contribution in [2.24, 2.45) is 11.1 Å². The zero-order valence-electron chi connectivity index (χ0n) is 11.3. The molecule has 0 saturated carbocycles. The summed E-state index contributed by atoms with van der Waals surface area (Å²) in [5, 5.41) is 2.74. The van der Waals surface area contributed by atoms with E-state index in [0.717, 1.165) is 0 Å². The highest BCUT2D eigenvalue weighted by molar-refractivity contribution is 5.82. The molecule has 0 spiro atoms. The second-order valence-corrected chi connectivity index (χ2v) is 5.60. The van der Waals surface area contributed by atoms with Crippen LogP contribution in [0.3, 0.4) is 0 Å². The molecule has 0 fully saturated rings. The fraction of sp³-hybridized carbons (Fsp3) is 0.500. The molecule has 1 rings (SSSR count). The lowest BCUT2D eigenvalue weighted by Gasteiger charge is -2.27. The van der Waals surface area contributed by atoms with Crippen molar-refractivity contribution >= 4 is 5.91 Å². The molecule has 0 saturated heterocycles. The van der Waals surface area contributed by atoms with Crippen molar-refractivity contribution in [2.75, 3.05) is 0 Å². The van der Waals surface area contributed by atoms with Gasteiger partial charge in [-0.05, 0) is 18.4 Å². The van der Waals surface area contributed by atoms with Crippen molar-refractivity contribution in [3.63, 3.8) is 0 Å². The van der Waals surface area contributed by atoms with Crippen LogP contribution in [0.4, 0.5) is 4.39 Å². The lowest BCUT2D eigenvalue weighted by atomic mass is 9.86. The number of halogens is 1. The Morgan fingerprint density at radius 1 is 1.33 bits per heavy atom. The molecule has 3 nitrogen and oxygen atoms in total. The monoisotopic (exact) mass is 252 g/mol. The van der Waals surface area contributed by atoms with Crippen LogP contribution in [0.25, 0.3) is 0 Å². The van der Waals surface area contributed by atoms with Crippen LogP contribution in [0.1, 0.15) is 39.3 Å². The van der Waals surface area contributed by atoms with E-state index in [2.05, 4.69) is 5.32 Å². The van der Waals surface area contributed by atoms with Crippen LogP contribution in [0.2, 0.25) is 0 Å². The van der Waals surface area contributed by atoms with Gasteiger partial charge in [-0.1, -0.05) is 39.0 Å². The molecular weight excluding hydrogens is 231 g/mol. The lowest BCUT2D eigenvalue weighted by molar-refractivity contribution is -0.125. The number of nitrogens with two attached hydrogens (primary N) is 1. The van der Waals surface area contributed by atoms with Gasteiger partial charge in [0.2, 0.25) is 5.91 Å². The van der Waals surface area contributed by atoms with Crippen molar-refractivity contribution in [2.45, 2.75) is 39.8 Å². The van der Waals surface area contributed by atoms with E-state index in [-0.39, 0.29) is 17.1 Å². The van der Waals surface area contributed by atoms with Gasteiger partial charge in [0.15, 0.2) is 0 Å². The zero-order chi connectivity index (χ0) is 13.9. The van der Waals surface area contributed by atoms with E-state index < -0.39 is 12.1 Å². The molecule has 1 aromatic rings. The summed E-state index contributed by atoms with van der Waals surface area (Å²) in [4.78, 5) is 11.9. The van der Waals surface area contributed by atoms with E-state index in [1.54, 1.807) is 25.1 Å². The van der Waals surface area contributed by atoms with E-state index in [0.29, 0.717) is 5.56 Å². The van der Waals surface area contributed by atoms with Crippen LogP contribution < -0.4 is 11.1 Å². The summed E-state index contributed by atoms with van der Waals surface area (Å²) in [5.74, 6) is -0.590. The van der Waals surface area contributed by atoms with Gasteiger partial charge in [0, 0.05) is 5.56 Å². The largest absolute Gasteiger partial charge is 0.348 e. The third kappa shape index (κ3) is 3.53. The molecule has 0 aliphatic heterocycles. The Morgan fingerprint density at radius 2 is 1.89 bits per heavy atom. The van der Waals surface area contributed by atoms with Crippen molar-refractivity contribution in [1.29, 1.82) is 0 Å². The van der Waals surface area contributed by atoms with Gasteiger partial charge in [-0.3, -0.25) is 4.79 Å². The fourth-order valence-electron chi connectivity index (χ4n) is 1.60. The van der Waals surface area contributed by atoms with Gasteiger partial charge in [-0.15, -0.1) is 0 Å². The van der Waals surface area contributed by atoms with Crippen LogP contribution in [0, 0.1) is 11.2 Å². The molecule has 0 radical (unpaired) electrons. The maximum Gasteiger partial charge on any atom is 0.237 e. The van der Waals surface area contributed by atoms with Gasteiger partial charge in [0.25, 0.3) is 0 Å². The molecule has 18 heavy (non-hydrogen) atoms. The average molecular weight is 252 g/mol. The second-order valence-electron chi connectivity index (χ2n) is 5.60. The van der Waals surface area contributed by atoms with Crippen LogP contribution >= 0.6 is 0 Å². The summed E-state index contributed by atoms with van der Waals surface area (Å²) in [7, 11) is 0. The van der Waals surface area contributed by atoms with Gasteiger partial charge in [-0.2, -0.15) is 0 Å². The zero-order valence-corrected chi connectivity index (χ0v) is 11.3. The van der Waals surface area contributed by atoms with Crippen LogP contribution in [0.15, 0.2) is 24.3 Å². The van der Waals surface area contributed by atoms with Gasteiger partial charge in [-0.25, -0.2) is 4.39 Å². The smallest absolute Gasteiger partial charge is 0.237 e. The van der Waals surface area contributed by atoms with Crippen LogP contribution in [-0.4, -0.2) is 11.9 Å². The molecule has 0 aromatic heterocycles. The Labute approximate surface area is 108 Å². The Balaban J connectivity index is 2.75. The first kappa shape index (κ1) is 14.6. The van der Waals surface area contributed by atoms with E-state index in [1.165, 1.54) is 6.07 Å². The Hall–Kier alpha value is -1.42. The number of nitrogens with one attached hydrogen (secondary N) is 1. The minimum Gasteiger partial charge on any atom is -0.348 e. The summed E-state index contributed by atoms with van der Waals surface area (Å²) in [6.45, 7) is 7.42. The standard InChI is InChI=1S/C14H21FN2O/c1-9(10-7-5-6-8-11(10)15)17-13(18)12(16)14(2,3)4/h5-9,12H,16H2,1-4H3,(H,17,18)/t9-,12+/m1/s1. The molecular formula is C14H21FN2O. The summed E-state index contributed by atoms with van der Waals surface area (Å²) in [5.41, 5.74) is 6.00. The van der Waals surface area contributed by atoms with Crippen molar-refractivity contribution < 1.29 is 9.18 Å². The van der Waals surface area contributed by atoms with Gasteiger partial charge < -0.3 is 11.1 Å². The normalized spacial score (nSPS) is 15.0. The second kappa shape index (κ2) is 5.48. The highest BCUT2D eigenvalue weighted by Gasteiger charge is 2.28. The van der Waals surface area contributed by atoms with Crippen molar-refractivity contribution in [3.05, 3.63) is 35.6 Å². The van der Waals surface area contributed by atoms with Crippen molar-refractivity contribution in [1.82, 2.24) is 5.32 Å². The minimum atomic E-state index is -0.619. The molecule has 0 aliphatic rings. The predicted octanol–water partition coefficient (Wildman–Crippen LogP) is 2.38. The Bertz CT molecular complexity index is 426. The minimum absolute atomic E-state index is 0.266. The van der Waals surface area contributed by atoms with Crippen LogP contribution in [0.5, 0.6) is 0 Å². The Morgan fingerprint density at radius 3 is 2.39 bits per heavy atom. The van der Waals surface area contributed by atoms with E-state index >= 15 is 0 Å². The van der Waals surface area contributed by atoms with E-state index in [9.17, 15) is 9.18 Å². The van der Waals surface area contributed by atoms with E-state index in [4.69, 9.17) is 5.73 Å². The first-order valence-corrected chi connectivity index (χ1v) is 6.04. The highest BCUT2D eigenvalue weighted by Crippen LogP contribution is 2.20.